The quantitative estimate of drug-likeness (QED) is 0.647. The predicted octanol–water partition coefficient (Wildman–Crippen LogP) is 4.45. The molecule has 2 rings (SSSR count). The smallest absolute Gasteiger partial charge is 0.324 e. The van der Waals surface area contributed by atoms with Gasteiger partial charge in [0.2, 0.25) is 15.9 Å². The minimum absolute atomic E-state index is 0.326. The van der Waals surface area contributed by atoms with Crippen molar-refractivity contribution in [2.75, 3.05) is 18.4 Å². The van der Waals surface area contributed by atoms with Crippen LogP contribution in [-0.4, -0.2) is 31.7 Å². The molecule has 0 aromatic heterocycles. The van der Waals surface area contributed by atoms with Crippen LogP contribution in [0.1, 0.15) is 22.3 Å². The van der Waals surface area contributed by atoms with Crippen LogP contribution in [0.3, 0.4) is 0 Å². The zero-order valence-electron chi connectivity index (χ0n) is 16.9. The normalized spacial score (nSPS) is 12.1. The molecule has 0 heterocycles. The first kappa shape index (κ1) is 23.6. The summed E-state index contributed by atoms with van der Waals surface area (Å²) in [6.07, 6.45) is -3.65. The molecule has 0 atom stereocenters. The molecule has 2 aromatic carbocycles. The van der Waals surface area contributed by atoms with Crippen LogP contribution in [0, 0.1) is 20.8 Å². The number of anilines is 1. The first-order valence-corrected chi connectivity index (χ1v) is 10.5. The fourth-order valence-corrected chi connectivity index (χ4v) is 4.75. The summed E-state index contributed by atoms with van der Waals surface area (Å²) in [6.45, 7) is 7.97. The maximum atomic E-state index is 13.3. The van der Waals surface area contributed by atoms with Crippen molar-refractivity contribution in [2.24, 2.45) is 0 Å². The minimum Gasteiger partial charge on any atom is -0.324 e. The van der Waals surface area contributed by atoms with Crippen molar-refractivity contribution >= 4 is 21.6 Å². The van der Waals surface area contributed by atoms with Gasteiger partial charge in [0.25, 0.3) is 0 Å². The van der Waals surface area contributed by atoms with Gasteiger partial charge in [-0.2, -0.15) is 17.5 Å². The average molecular weight is 440 g/mol. The number of aryl methyl sites for hydroxylation is 3. The van der Waals surface area contributed by atoms with E-state index < -0.39 is 39.1 Å². The number of nitrogens with one attached hydrogen (secondary N) is 1. The van der Waals surface area contributed by atoms with Gasteiger partial charge >= 0.3 is 6.18 Å². The Bertz CT molecular complexity index is 1040. The summed E-state index contributed by atoms with van der Waals surface area (Å²) >= 11 is 0. The molecule has 9 heteroatoms. The average Bonchev–Trinajstić information content (AvgIpc) is 2.63. The Hall–Kier alpha value is -2.65. The SMILES string of the molecule is C=CCN(CC(=O)Nc1c(C)cc(C)cc1C)S(=O)(=O)c1ccccc1C(F)(F)F. The van der Waals surface area contributed by atoms with Gasteiger partial charge in [-0.3, -0.25) is 4.79 Å². The van der Waals surface area contributed by atoms with Crippen molar-refractivity contribution in [1.82, 2.24) is 4.31 Å². The highest BCUT2D eigenvalue weighted by molar-refractivity contribution is 7.89. The molecule has 0 fully saturated rings. The molecule has 1 amide bonds. The van der Waals surface area contributed by atoms with Crippen molar-refractivity contribution in [2.45, 2.75) is 31.8 Å². The Morgan fingerprint density at radius 3 is 2.23 bits per heavy atom. The number of amides is 1. The third-order valence-corrected chi connectivity index (χ3v) is 6.27. The Morgan fingerprint density at radius 2 is 1.70 bits per heavy atom. The number of nitrogens with zero attached hydrogens (tertiary/aromatic N) is 1. The molecule has 0 saturated carbocycles. The summed E-state index contributed by atoms with van der Waals surface area (Å²) < 4.78 is 66.5. The summed E-state index contributed by atoms with van der Waals surface area (Å²) in [6, 6.07) is 7.60. The first-order valence-electron chi connectivity index (χ1n) is 9.03. The van der Waals surface area contributed by atoms with Crippen molar-refractivity contribution in [3.63, 3.8) is 0 Å². The summed E-state index contributed by atoms with van der Waals surface area (Å²) in [4.78, 5) is 11.7. The van der Waals surface area contributed by atoms with Gasteiger partial charge in [0, 0.05) is 12.2 Å². The second-order valence-electron chi connectivity index (χ2n) is 6.90. The van der Waals surface area contributed by atoms with Crippen molar-refractivity contribution < 1.29 is 26.4 Å². The summed E-state index contributed by atoms with van der Waals surface area (Å²) in [5.74, 6) is -0.667. The Labute approximate surface area is 174 Å². The third-order valence-electron chi connectivity index (χ3n) is 4.40. The van der Waals surface area contributed by atoms with E-state index in [0.29, 0.717) is 16.1 Å². The van der Waals surface area contributed by atoms with Gasteiger partial charge in [0.05, 0.1) is 17.0 Å². The summed E-state index contributed by atoms with van der Waals surface area (Å²) in [5.41, 5.74) is 1.84. The Balaban J connectivity index is 2.37. The van der Waals surface area contributed by atoms with E-state index in [4.69, 9.17) is 0 Å². The number of sulfonamides is 1. The van der Waals surface area contributed by atoms with Gasteiger partial charge in [-0.05, 0) is 44.0 Å². The van der Waals surface area contributed by atoms with Crippen LogP contribution in [0.4, 0.5) is 18.9 Å². The van der Waals surface area contributed by atoms with Crippen molar-refractivity contribution in [3.05, 3.63) is 71.3 Å². The largest absolute Gasteiger partial charge is 0.417 e. The van der Waals surface area contributed by atoms with Gasteiger partial charge in [0.15, 0.2) is 0 Å². The van der Waals surface area contributed by atoms with Crippen molar-refractivity contribution in [1.29, 1.82) is 0 Å². The predicted molar refractivity (Wildman–Crippen MR) is 110 cm³/mol. The Morgan fingerprint density at radius 1 is 1.13 bits per heavy atom. The van der Waals surface area contributed by atoms with Gasteiger partial charge in [0.1, 0.15) is 0 Å². The van der Waals surface area contributed by atoms with Crippen LogP contribution in [0.25, 0.3) is 0 Å². The van der Waals surface area contributed by atoms with Crippen LogP contribution in [0.2, 0.25) is 0 Å². The number of carbonyl (C=O) groups is 1. The molecule has 0 aliphatic rings. The van der Waals surface area contributed by atoms with Crippen LogP contribution in [-0.2, 0) is 21.0 Å². The molecule has 30 heavy (non-hydrogen) atoms. The standard InChI is InChI=1S/C21H23F3N2O3S/c1-5-10-26(13-19(27)25-20-15(3)11-14(2)12-16(20)4)30(28,29)18-9-7-6-8-17(18)21(22,23)24/h5-9,11-12H,1,10,13H2,2-4H3,(H,25,27). The second kappa shape index (κ2) is 9.01. The molecule has 0 unspecified atom stereocenters. The molecule has 5 nitrogen and oxygen atoms in total. The van der Waals surface area contributed by atoms with Gasteiger partial charge in [-0.25, -0.2) is 8.42 Å². The molecular formula is C21H23F3N2O3S. The zero-order valence-corrected chi connectivity index (χ0v) is 17.7. The highest BCUT2D eigenvalue weighted by Gasteiger charge is 2.39. The van der Waals surface area contributed by atoms with E-state index in [9.17, 15) is 26.4 Å². The molecule has 0 spiro atoms. The van der Waals surface area contributed by atoms with Crippen LogP contribution < -0.4 is 5.32 Å². The van der Waals surface area contributed by atoms with Crippen LogP contribution in [0.15, 0.2) is 53.9 Å². The maximum Gasteiger partial charge on any atom is 0.417 e. The molecular weight excluding hydrogens is 417 g/mol. The summed E-state index contributed by atoms with van der Waals surface area (Å²) in [5, 5.41) is 2.66. The number of halogens is 3. The number of alkyl halides is 3. The van der Waals surface area contributed by atoms with E-state index in [1.807, 2.05) is 19.1 Å². The van der Waals surface area contributed by atoms with E-state index in [2.05, 4.69) is 11.9 Å². The maximum absolute atomic E-state index is 13.3. The van der Waals surface area contributed by atoms with Crippen LogP contribution >= 0.6 is 0 Å². The molecule has 162 valence electrons. The number of hydrogen-bond donors (Lipinski definition) is 1. The number of carbonyl (C=O) groups excluding carboxylic acids is 1. The lowest BCUT2D eigenvalue weighted by atomic mass is 10.1. The third kappa shape index (κ3) is 5.28. The van der Waals surface area contributed by atoms with Gasteiger partial charge in [-0.1, -0.05) is 35.9 Å². The molecule has 0 saturated heterocycles. The first-order chi connectivity index (χ1) is 13.9. The van der Waals surface area contributed by atoms with E-state index in [1.54, 1.807) is 13.8 Å². The Kier molecular flexibility index (Phi) is 7.10. The lowest BCUT2D eigenvalue weighted by molar-refractivity contribution is -0.139. The zero-order chi connectivity index (χ0) is 22.7. The van der Waals surface area contributed by atoms with Gasteiger partial charge < -0.3 is 5.32 Å². The lowest BCUT2D eigenvalue weighted by Gasteiger charge is -2.23. The fourth-order valence-electron chi connectivity index (χ4n) is 3.17. The lowest BCUT2D eigenvalue weighted by Crippen LogP contribution is -2.39. The topological polar surface area (TPSA) is 66.5 Å². The molecule has 2 aromatic rings. The van der Waals surface area contributed by atoms with E-state index in [0.717, 1.165) is 28.8 Å². The fraction of sp³-hybridized carbons (Fsp3) is 0.286. The van der Waals surface area contributed by atoms with E-state index in [-0.39, 0.29) is 6.54 Å². The number of hydrogen-bond acceptors (Lipinski definition) is 3. The van der Waals surface area contributed by atoms with E-state index in [1.165, 1.54) is 12.1 Å². The van der Waals surface area contributed by atoms with Crippen LogP contribution in [0.5, 0.6) is 0 Å². The number of benzene rings is 2. The second-order valence-corrected chi connectivity index (χ2v) is 8.81. The molecule has 0 aliphatic heterocycles. The minimum atomic E-state index is -4.86. The molecule has 0 radical (unpaired) electrons. The van der Waals surface area contributed by atoms with E-state index >= 15 is 0 Å². The van der Waals surface area contributed by atoms with Gasteiger partial charge in [-0.15, -0.1) is 6.58 Å². The molecule has 1 N–H and O–H groups in total. The molecule has 0 bridgehead atoms. The monoisotopic (exact) mass is 440 g/mol. The summed E-state index contributed by atoms with van der Waals surface area (Å²) in [7, 11) is -4.61. The van der Waals surface area contributed by atoms with Crippen molar-refractivity contribution in [3.8, 4) is 0 Å². The highest BCUT2D eigenvalue weighted by Crippen LogP contribution is 2.35. The number of rotatable bonds is 7. The highest BCUT2D eigenvalue weighted by atomic mass is 32.2. The molecule has 0 aliphatic carbocycles.